The smallest absolute Gasteiger partial charge is 0.308 e. The average Bonchev–Trinajstić information content (AvgIpc) is 3.57. The van der Waals surface area contributed by atoms with Gasteiger partial charge in [-0.1, -0.05) is 12.1 Å². The molecule has 254 valence electrons. The van der Waals surface area contributed by atoms with Gasteiger partial charge in [0.2, 0.25) is 18.3 Å². The lowest BCUT2D eigenvalue weighted by atomic mass is 9.87. The molecule has 0 aliphatic carbocycles. The molecule has 4 aromatic rings. The Morgan fingerprint density at radius 3 is 2.18 bits per heavy atom. The van der Waals surface area contributed by atoms with E-state index in [1.54, 1.807) is 14.2 Å². The predicted octanol–water partition coefficient (Wildman–Crippen LogP) is 6.80. The molecule has 4 aromatic carbocycles. The van der Waals surface area contributed by atoms with Crippen LogP contribution in [0.15, 0.2) is 54.6 Å². The van der Waals surface area contributed by atoms with Gasteiger partial charge in [-0.05, 0) is 110 Å². The van der Waals surface area contributed by atoms with Crippen molar-refractivity contribution in [2.45, 2.75) is 44.7 Å². The lowest BCUT2D eigenvalue weighted by Gasteiger charge is -2.37. The summed E-state index contributed by atoms with van der Waals surface area (Å²) in [5, 5.41) is 0. The minimum atomic E-state index is -0.472. The molecule has 0 unspecified atom stereocenters. The molecular formula is C39H40N2O8. The van der Waals surface area contributed by atoms with Crippen LogP contribution in [0.1, 0.15) is 52.4 Å². The lowest BCUT2D eigenvalue weighted by Crippen LogP contribution is -2.34. The van der Waals surface area contributed by atoms with Crippen LogP contribution in [-0.2, 0) is 30.5 Å². The van der Waals surface area contributed by atoms with Crippen molar-refractivity contribution in [1.82, 2.24) is 9.80 Å². The van der Waals surface area contributed by atoms with Crippen molar-refractivity contribution >= 4 is 5.97 Å². The molecule has 0 aromatic heterocycles. The van der Waals surface area contributed by atoms with Crippen molar-refractivity contribution < 1.29 is 38.0 Å². The summed E-state index contributed by atoms with van der Waals surface area (Å²) in [6, 6.07) is 18.4. The number of fused-ring (bicyclic) bond motifs is 3. The van der Waals surface area contributed by atoms with Crippen molar-refractivity contribution in [2.24, 2.45) is 0 Å². The van der Waals surface area contributed by atoms with Gasteiger partial charge in [-0.3, -0.25) is 14.6 Å². The van der Waals surface area contributed by atoms with Crippen LogP contribution in [-0.4, -0.2) is 64.0 Å². The second-order valence-corrected chi connectivity index (χ2v) is 13.2. The van der Waals surface area contributed by atoms with Crippen LogP contribution >= 0.6 is 0 Å². The Morgan fingerprint density at radius 1 is 0.735 bits per heavy atom. The number of hydrogen-bond donors (Lipinski definition) is 0. The molecule has 10 heteroatoms. The highest BCUT2D eigenvalue weighted by Gasteiger charge is 2.36. The van der Waals surface area contributed by atoms with E-state index >= 15 is 0 Å². The van der Waals surface area contributed by atoms with E-state index < -0.39 is 5.97 Å². The van der Waals surface area contributed by atoms with Crippen molar-refractivity contribution in [1.29, 1.82) is 0 Å². The van der Waals surface area contributed by atoms with E-state index in [-0.39, 0.29) is 24.6 Å². The van der Waals surface area contributed by atoms with Crippen molar-refractivity contribution in [3.63, 3.8) is 0 Å². The first-order valence-corrected chi connectivity index (χ1v) is 16.7. The second kappa shape index (κ2) is 12.5. The molecule has 5 heterocycles. The summed E-state index contributed by atoms with van der Waals surface area (Å²) < 4.78 is 43.0. The normalized spacial score (nSPS) is 19.5. The van der Waals surface area contributed by atoms with Gasteiger partial charge in [0.25, 0.3) is 0 Å². The average molecular weight is 665 g/mol. The summed E-state index contributed by atoms with van der Waals surface area (Å²) in [6.07, 6.45) is 3.03. The largest absolute Gasteiger partial charge is 0.493 e. The molecule has 0 amide bonds. The van der Waals surface area contributed by atoms with Crippen LogP contribution in [0.2, 0.25) is 0 Å². The molecule has 0 fully saturated rings. The number of hydrogen-bond acceptors (Lipinski definition) is 10. The molecule has 49 heavy (non-hydrogen) atoms. The number of esters is 1. The molecule has 0 N–H and O–H groups in total. The predicted molar refractivity (Wildman–Crippen MR) is 182 cm³/mol. The Kier molecular flexibility index (Phi) is 8.00. The third kappa shape index (κ3) is 5.68. The second-order valence-electron chi connectivity index (χ2n) is 13.2. The van der Waals surface area contributed by atoms with E-state index in [1.807, 2.05) is 30.3 Å². The molecule has 0 saturated carbocycles. The number of benzene rings is 4. The summed E-state index contributed by atoms with van der Waals surface area (Å²) in [5.74, 6) is 4.36. The molecule has 0 spiro atoms. The topological polar surface area (TPSA) is 88.2 Å². The molecule has 0 saturated heterocycles. The van der Waals surface area contributed by atoms with Crippen molar-refractivity contribution in [3.05, 3.63) is 88.0 Å². The van der Waals surface area contributed by atoms with Crippen molar-refractivity contribution in [2.75, 3.05) is 48.2 Å². The van der Waals surface area contributed by atoms with E-state index in [1.165, 1.54) is 23.6 Å². The standard InChI is InChI=1S/C39H40N2O8/c1-22(42)47-38-33(44-5)19-26-11-13-41(3)30-15-24-16-34-37(46-21-45-34)35(17-24)48-27-8-6-23(7-9-27)14-29-28-20-32(49-39(38)36(26)30)31(43-4)18-25(28)10-12-40(29)2/h6-9,16-20,29-30H,10-15,21H2,1-5H3/t29-,30-/m1/s1. The molecule has 2 atom stereocenters. The minimum absolute atomic E-state index is 0.0965. The fraction of sp³-hybridized carbons (Fsp3) is 0.359. The molecule has 10 nitrogen and oxygen atoms in total. The van der Waals surface area contributed by atoms with Gasteiger partial charge in [0, 0.05) is 37.7 Å². The fourth-order valence-corrected chi connectivity index (χ4v) is 7.62. The highest BCUT2D eigenvalue weighted by molar-refractivity contribution is 5.74. The van der Waals surface area contributed by atoms with E-state index in [9.17, 15) is 4.79 Å². The summed E-state index contributed by atoms with van der Waals surface area (Å²) in [7, 11) is 7.50. The zero-order valence-electron chi connectivity index (χ0n) is 28.5. The van der Waals surface area contributed by atoms with Crippen molar-refractivity contribution in [3.8, 4) is 51.7 Å². The third-order valence-electron chi connectivity index (χ3n) is 10.2. The molecular weight excluding hydrogens is 624 g/mol. The summed E-state index contributed by atoms with van der Waals surface area (Å²) >= 11 is 0. The Bertz CT molecular complexity index is 1940. The Morgan fingerprint density at radius 2 is 1.43 bits per heavy atom. The first-order chi connectivity index (χ1) is 23.8. The molecule has 9 rings (SSSR count). The van der Waals surface area contributed by atoms with Gasteiger partial charge in [-0.25, -0.2) is 0 Å². The molecule has 5 aliphatic heterocycles. The summed E-state index contributed by atoms with van der Waals surface area (Å²) in [6.45, 7) is 3.24. The fourth-order valence-electron chi connectivity index (χ4n) is 7.62. The van der Waals surface area contributed by atoms with E-state index in [4.69, 9.17) is 33.2 Å². The Hall–Kier alpha value is -4.93. The molecule has 0 radical (unpaired) electrons. The van der Waals surface area contributed by atoms with E-state index in [0.717, 1.165) is 54.8 Å². The van der Waals surface area contributed by atoms with Gasteiger partial charge in [-0.15, -0.1) is 0 Å². The van der Waals surface area contributed by atoms with E-state index in [0.29, 0.717) is 46.7 Å². The highest BCUT2D eigenvalue weighted by atomic mass is 16.7. The quantitative estimate of drug-likeness (QED) is 0.172. The number of carbonyl (C=O) groups is 1. The van der Waals surface area contributed by atoms with Crippen LogP contribution < -0.4 is 33.2 Å². The maximum Gasteiger partial charge on any atom is 0.308 e. The number of nitrogens with zero attached hydrogens (tertiary/aromatic N) is 2. The number of rotatable bonds is 3. The number of likely N-dealkylation sites (N-methyl/N-ethyl adjacent to an activating group) is 2. The third-order valence-corrected chi connectivity index (χ3v) is 10.2. The van der Waals surface area contributed by atoms with Crippen LogP contribution in [0.3, 0.4) is 0 Å². The molecule has 5 aliphatic rings. The molecule has 6 bridgehead atoms. The van der Waals surface area contributed by atoms with Gasteiger partial charge in [-0.2, -0.15) is 0 Å². The van der Waals surface area contributed by atoms with Gasteiger partial charge in [0.15, 0.2) is 34.5 Å². The lowest BCUT2D eigenvalue weighted by molar-refractivity contribution is -0.132. The zero-order valence-corrected chi connectivity index (χ0v) is 28.5. The minimum Gasteiger partial charge on any atom is -0.493 e. The van der Waals surface area contributed by atoms with Gasteiger partial charge >= 0.3 is 5.97 Å². The van der Waals surface area contributed by atoms with Crippen LogP contribution in [0, 0.1) is 0 Å². The van der Waals surface area contributed by atoms with Crippen LogP contribution in [0.5, 0.6) is 51.7 Å². The van der Waals surface area contributed by atoms with Gasteiger partial charge in [0.05, 0.1) is 14.2 Å². The first-order valence-electron chi connectivity index (χ1n) is 16.7. The van der Waals surface area contributed by atoms with Crippen LogP contribution in [0.25, 0.3) is 0 Å². The summed E-state index contributed by atoms with van der Waals surface area (Å²) in [5.41, 5.74) is 6.56. The zero-order chi connectivity index (χ0) is 33.8. The van der Waals surface area contributed by atoms with E-state index in [2.05, 4.69) is 48.2 Å². The van der Waals surface area contributed by atoms with Crippen LogP contribution in [0.4, 0.5) is 0 Å². The first kappa shape index (κ1) is 31.3. The highest BCUT2D eigenvalue weighted by Crippen LogP contribution is 2.53. The van der Waals surface area contributed by atoms with Gasteiger partial charge < -0.3 is 33.2 Å². The monoisotopic (exact) mass is 664 g/mol. The van der Waals surface area contributed by atoms with Gasteiger partial charge in [0.1, 0.15) is 5.75 Å². The maximum absolute atomic E-state index is 12.6. The Labute approximate surface area is 286 Å². The Balaban J connectivity index is 1.38. The SMILES string of the molecule is COc1cc2c3cc1Oc1c(OC(C)=O)c(OC)cc4c1[C@@H](Cc1cc5c(c(c1)Oc1ccc(cc1)C[C@H]3N(C)CC2)OCO5)N(C)CC4. The number of methoxy groups -OCH3 is 2. The summed E-state index contributed by atoms with van der Waals surface area (Å²) in [4.78, 5) is 17.3. The maximum atomic E-state index is 12.6. The number of carbonyl (C=O) groups excluding carboxylic acids is 1. The number of ether oxygens (including phenoxy) is 7.